The van der Waals surface area contributed by atoms with Gasteiger partial charge in [-0.25, -0.2) is 4.79 Å². The van der Waals surface area contributed by atoms with Gasteiger partial charge in [0.15, 0.2) is 16.8 Å². The number of hydrogen-bond acceptors (Lipinski definition) is 8. The third-order valence-electron chi connectivity index (χ3n) is 3.30. The fourth-order valence-electron chi connectivity index (χ4n) is 2.14. The van der Waals surface area contributed by atoms with Crippen molar-refractivity contribution in [2.24, 2.45) is 0 Å². The molecule has 4 atom stereocenters. The van der Waals surface area contributed by atoms with Gasteiger partial charge in [-0.15, -0.1) is 0 Å². The van der Waals surface area contributed by atoms with E-state index in [1.807, 2.05) is 0 Å². The van der Waals surface area contributed by atoms with Crippen LogP contribution in [0.15, 0.2) is 15.8 Å². The number of ether oxygens (including phenoxy) is 1. The third-order valence-corrected chi connectivity index (χ3v) is 5.72. The fourth-order valence-corrected chi connectivity index (χ4v) is 3.66. The van der Waals surface area contributed by atoms with E-state index in [1.54, 1.807) is 6.92 Å². The van der Waals surface area contributed by atoms with Crippen LogP contribution in [0.3, 0.4) is 0 Å². The molecule has 3 unspecified atom stereocenters. The van der Waals surface area contributed by atoms with Crippen molar-refractivity contribution < 1.29 is 29.0 Å². The van der Waals surface area contributed by atoms with Crippen LogP contribution in [0.4, 0.5) is 0 Å². The Labute approximate surface area is 133 Å². The molecule has 1 aliphatic heterocycles. The molecule has 0 amide bonds. The zero-order valence-electron chi connectivity index (χ0n) is 12.2. The highest BCUT2D eigenvalue weighted by Crippen LogP contribution is 2.44. The standard InChI is InChI=1S/C11H18N2O8P2/c1-6-3-13(11(16)12-10(6)15)9-2-7(14)8(21-9)4-20-23(19)5-22(17)18/h3,7-9,14,17-19H,2,4-5H2,1H3,(H,12,15,16)/t7-,8?,9?,23?/m1/s1. The molecule has 0 aliphatic carbocycles. The molecule has 1 fully saturated rings. The van der Waals surface area contributed by atoms with Crippen LogP contribution in [0.5, 0.6) is 0 Å². The monoisotopic (exact) mass is 368 g/mol. The molecule has 5 N–H and O–H groups in total. The van der Waals surface area contributed by atoms with Crippen molar-refractivity contribution in [1.29, 1.82) is 0 Å². The molecule has 10 nitrogen and oxygen atoms in total. The minimum Gasteiger partial charge on any atom is -0.390 e. The van der Waals surface area contributed by atoms with E-state index < -0.39 is 46.4 Å². The molecule has 12 heteroatoms. The molecule has 0 aromatic carbocycles. The van der Waals surface area contributed by atoms with E-state index in [1.165, 1.54) is 10.8 Å². The van der Waals surface area contributed by atoms with Gasteiger partial charge in [0.1, 0.15) is 12.3 Å². The second-order valence-corrected chi connectivity index (χ2v) is 7.91. The summed E-state index contributed by atoms with van der Waals surface area (Å²) in [6.45, 7) is 1.39. The number of H-pyrrole nitrogens is 1. The Morgan fingerprint density at radius 3 is 2.78 bits per heavy atom. The Balaban J connectivity index is 2.00. The van der Waals surface area contributed by atoms with Gasteiger partial charge in [0.05, 0.1) is 18.6 Å². The summed E-state index contributed by atoms with van der Waals surface area (Å²) in [7, 11) is -4.28. The summed E-state index contributed by atoms with van der Waals surface area (Å²) in [6.07, 6.45) is -0.993. The second-order valence-electron chi connectivity index (χ2n) is 5.07. The molecule has 0 bridgehead atoms. The molecule has 1 aromatic heterocycles. The number of rotatable bonds is 6. The molecule has 0 spiro atoms. The number of hydrogen-bond donors (Lipinski definition) is 5. The van der Waals surface area contributed by atoms with Crippen LogP contribution in [0.25, 0.3) is 0 Å². The number of aryl methyl sites for hydroxylation is 1. The van der Waals surface area contributed by atoms with Gasteiger partial charge in [-0.2, -0.15) is 0 Å². The Morgan fingerprint density at radius 1 is 1.43 bits per heavy atom. The van der Waals surface area contributed by atoms with Gasteiger partial charge < -0.3 is 29.0 Å². The molecule has 0 saturated carbocycles. The topological polar surface area (TPSA) is 154 Å². The highest BCUT2D eigenvalue weighted by molar-refractivity contribution is 7.63. The molecule has 130 valence electrons. The van der Waals surface area contributed by atoms with Crippen molar-refractivity contribution in [3.63, 3.8) is 0 Å². The van der Waals surface area contributed by atoms with Gasteiger partial charge in [0.2, 0.25) is 0 Å². The zero-order chi connectivity index (χ0) is 17.1. The average Bonchev–Trinajstić information content (AvgIpc) is 2.81. The van der Waals surface area contributed by atoms with E-state index in [4.69, 9.17) is 19.0 Å². The van der Waals surface area contributed by atoms with Crippen LogP contribution in [-0.4, -0.2) is 54.1 Å². The lowest BCUT2D eigenvalue weighted by Gasteiger charge is -2.18. The van der Waals surface area contributed by atoms with Gasteiger partial charge >= 0.3 is 5.69 Å². The van der Waals surface area contributed by atoms with Gasteiger partial charge in [-0.05, 0) is 6.92 Å². The molecular formula is C11H18N2O8P2. The third kappa shape index (κ3) is 4.89. The first-order valence-corrected chi connectivity index (χ1v) is 9.51. The Bertz CT molecular complexity index is 648. The summed E-state index contributed by atoms with van der Waals surface area (Å²) in [6, 6.07) is 0. The van der Waals surface area contributed by atoms with Crippen LogP contribution in [-0.2, 0) is 9.26 Å². The maximum absolute atomic E-state index is 11.8. The van der Waals surface area contributed by atoms with E-state index in [9.17, 15) is 19.6 Å². The van der Waals surface area contributed by atoms with E-state index in [0.717, 1.165) is 0 Å². The minimum atomic E-state index is -2.26. The van der Waals surface area contributed by atoms with Crippen molar-refractivity contribution in [2.45, 2.75) is 31.8 Å². The van der Waals surface area contributed by atoms with Crippen LogP contribution in [0.1, 0.15) is 18.2 Å². The van der Waals surface area contributed by atoms with E-state index in [2.05, 4.69) is 4.98 Å². The number of aliphatic hydroxyl groups is 1. The summed E-state index contributed by atoms with van der Waals surface area (Å²) in [5, 5.41) is 9.97. The maximum atomic E-state index is 11.8. The van der Waals surface area contributed by atoms with Crippen molar-refractivity contribution in [1.82, 2.24) is 9.55 Å². The van der Waals surface area contributed by atoms with Crippen LogP contribution < -0.4 is 11.2 Å². The zero-order valence-corrected chi connectivity index (χ0v) is 14.0. The summed E-state index contributed by atoms with van der Waals surface area (Å²) in [5.41, 5.74) is -0.796. The summed E-state index contributed by atoms with van der Waals surface area (Å²) < 4.78 is 11.8. The number of aromatic amines is 1. The second kappa shape index (κ2) is 7.92. The van der Waals surface area contributed by atoms with E-state index in [-0.39, 0.29) is 18.9 Å². The summed E-state index contributed by atoms with van der Waals surface area (Å²) in [5.74, 6) is -0.268. The first-order valence-electron chi connectivity index (χ1n) is 6.68. The fraction of sp³-hybridized carbons (Fsp3) is 0.636. The highest BCUT2D eigenvalue weighted by Gasteiger charge is 2.36. The van der Waals surface area contributed by atoms with Crippen molar-refractivity contribution in [3.8, 4) is 0 Å². The Morgan fingerprint density at radius 2 is 2.13 bits per heavy atom. The predicted octanol–water partition coefficient (Wildman–Crippen LogP) is -0.932. The number of aromatic nitrogens is 2. The largest absolute Gasteiger partial charge is 0.390 e. The number of aliphatic hydroxyl groups excluding tert-OH is 1. The van der Waals surface area contributed by atoms with Crippen LogP contribution in [0, 0.1) is 6.92 Å². The maximum Gasteiger partial charge on any atom is 0.330 e. The normalized spacial score (nSPS) is 25.9. The molecule has 1 aromatic rings. The van der Waals surface area contributed by atoms with E-state index >= 15 is 0 Å². The smallest absolute Gasteiger partial charge is 0.330 e. The van der Waals surface area contributed by atoms with Crippen LogP contribution >= 0.6 is 16.8 Å². The van der Waals surface area contributed by atoms with E-state index in [0.29, 0.717) is 5.56 Å². The minimum absolute atomic E-state index is 0.121. The Hall–Kier alpha value is -0.700. The SMILES string of the molecule is Cc1cn(C2C[C@@H](O)C(COP(O)CP(O)O)O2)c(=O)[nH]c1=O. The number of nitrogens with zero attached hydrogens (tertiary/aromatic N) is 1. The highest BCUT2D eigenvalue weighted by atomic mass is 31.2. The number of nitrogens with one attached hydrogen (secondary N) is 1. The predicted molar refractivity (Wildman–Crippen MR) is 81.9 cm³/mol. The average molecular weight is 368 g/mol. The molecular weight excluding hydrogens is 350 g/mol. The summed E-state index contributed by atoms with van der Waals surface area (Å²) in [4.78, 5) is 52.4. The van der Waals surface area contributed by atoms with Gasteiger partial charge in [0, 0.05) is 18.2 Å². The first-order chi connectivity index (χ1) is 10.8. The molecule has 23 heavy (non-hydrogen) atoms. The molecule has 0 radical (unpaired) electrons. The van der Waals surface area contributed by atoms with Gasteiger partial charge in [0.25, 0.3) is 5.56 Å². The van der Waals surface area contributed by atoms with Crippen molar-refractivity contribution in [2.75, 3.05) is 12.5 Å². The molecule has 2 rings (SSSR count). The lowest BCUT2D eigenvalue weighted by Crippen LogP contribution is -2.33. The van der Waals surface area contributed by atoms with Crippen molar-refractivity contribution in [3.05, 3.63) is 32.6 Å². The quantitative estimate of drug-likeness (QED) is 0.404. The van der Waals surface area contributed by atoms with Crippen LogP contribution in [0.2, 0.25) is 0 Å². The summed E-state index contributed by atoms with van der Waals surface area (Å²) >= 11 is 0. The van der Waals surface area contributed by atoms with Gasteiger partial charge in [-0.1, -0.05) is 0 Å². The molecule has 1 aliphatic rings. The van der Waals surface area contributed by atoms with Gasteiger partial charge in [-0.3, -0.25) is 14.3 Å². The molecule has 1 saturated heterocycles. The van der Waals surface area contributed by atoms with Crippen molar-refractivity contribution >= 4 is 16.8 Å². The Kier molecular flexibility index (Phi) is 6.41. The first kappa shape index (κ1) is 18.6. The lowest BCUT2D eigenvalue weighted by atomic mass is 10.2. The lowest BCUT2D eigenvalue weighted by molar-refractivity contribution is -0.0406. The molecule has 2 heterocycles.